The summed E-state index contributed by atoms with van der Waals surface area (Å²) in [5, 5.41) is 13.9. The molecule has 1 aromatic rings. The summed E-state index contributed by atoms with van der Waals surface area (Å²) in [7, 11) is 0. The number of nitrogens with one attached hydrogen (secondary N) is 1. The van der Waals surface area contributed by atoms with Crippen molar-refractivity contribution >= 4 is 23.2 Å². The first-order valence-electron chi connectivity index (χ1n) is 6.35. The van der Waals surface area contributed by atoms with Gasteiger partial charge in [0.2, 0.25) is 0 Å². The zero-order chi connectivity index (χ0) is 13.2. The average molecular weight is 288 g/mol. The number of halogens is 2. The Morgan fingerprint density at radius 2 is 2.11 bits per heavy atom. The minimum absolute atomic E-state index is 0.200. The Balaban J connectivity index is 1.93. The van der Waals surface area contributed by atoms with Crippen LogP contribution in [0.5, 0.6) is 0 Å². The zero-order valence-electron chi connectivity index (χ0n) is 10.5. The molecule has 0 aliphatic heterocycles. The molecule has 1 aliphatic carbocycles. The number of aliphatic hydroxyl groups excluding tert-OH is 1. The van der Waals surface area contributed by atoms with Gasteiger partial charge in [-0.3, -0.25) is 0 Å². The molecule has 0 amide bonds. The minimum Gasteiger partial charge on any atom is -0.396 e. The van der Waals surface area contributed by atoms with Gasteiger partial charge in [0, 0.05) is 29.2 Å². The molecular formula is C14H19Cl2NO. The third-order valence-electron chi connectivity index (χ3n) is 3.81. The van der Waals surface area contributed by atoms with Crippen LogP contribution in [0.25, 0.3) is 0 Å². The van der Waals surface area contributed by atoms with E-state index < -0.39 is 0 Å². The molecule has 0 radical (unpaired) electrons. The van der Waals surface area contributed by atoms with Crippen molar-refractivity contribution in [2.24, 2.45) is 5.41 Å². The van der Waals surface area contributed by atoms with Gasteiger partial charge in [-0.25, -0.2) is 0 Å². The van der Waals surface area contributed by atoms with Crippen LogP contribution in [-0.4, -0.2) is 18.3 Å². The average Bonchev–Trinajstić information content (AvgIpc) is 3.07. The largest absolute Gasteiger partial charge is 0.396 e. The van der Waals surface area contributed by atoms with E-state index in [0.29, 0.717) is 15.5 Å². The van der Waals surface area contributed by atoms with E-state index in [-0.39, 0.29) is 12.6 Å². The highest BCUT2D eigenvalue weighted by Crippen LogP contribution is 2.48. The molecule has 2 nitrogen and oxygen atoms in total. The standard InChI is InChI=1S/C14H19Cl2NO/c1-10(12-3-2-11(15)8-13(12)16)17-9-14(4-5-14)6-7-18/h2-3,8,10,17-18H,4-7,9H2,1H3. The van der Waals surface area contributed by atoms with E-state index in [4.69, 9.17) is 28.3 Å². The van der Waals surface area contributed by atoms with Crippen molar-refractivity contribution in [3.63, 3.8) is 0 Å². The van der Waals surface area contributed by atoms with Gasteiger partial charge in [-0.1, -0.05) is 29.3 Å². The Hall–Kier alpha value is -0.280. The smallest absolute Gasteiger partial charge is 0.0468 e. The summed E-state index contributed by atoms with van der Waals surface area (Å²) in [4.78, 5) is 0. The summed E-state index contributed by atoms with van der Waals surface area (Å²) in [6, 6.07) is 5.80. The lowest BCUT2D eigenvalue weighted by Gasteiger charge is -2.20. The maximum atomic E-state index is 9.04. The predicted octanol–water partition coefficient (Wildman–Crippen LogP) is 3.81. The van der Waals surface area contributed by atoms with E-state index in [2.05, 4.69) is 12.2 Å². The highest BCUT2D eigenvalue weighted by atomic mass is 35.5. The molecule has 1 unspecified atom stereocenters. The summed E-state index contributed by atoms with van der Waals surface area (Å²) in [6.45, 7) is 3.32. The summed E-state index contributed by atoms with van der Waals surface area (Å²) in [6.07, 6.45) is 3.31. The summed E-state index contributed by atoms with van der Waals surface area (Å²) in [5.74, 6) is 0. The molecule has 1 aromatic carbocycles. The maximum Gasteiger partial charge on any atom is 0.0468 e. The third-order valence-corrected chi connectivity index (χ3v) is 4.37. The number of aliphatic hydroxyl groups is 1. The quantitative estimate of drug-likeness (QED) is 0.834. The first-order chi connectivity index (χ1) is 8.56. The van der Waals surface area contributed by atoms with Crippen LogP contribution in [0.4, 0.5) is 0 Å². The Morgan fingerprint density at radius 3 is 2.67 bits per heavy atom. The molecule has 2 rings (SSSR count). The second kappa shape index (κ2) is 5.79. The van der Waals surface area contributed by atoms with Gasteiger partial charge >= 0.3 is 0 Å². The maximum absolute atomic E-state index is 9.04. The van der Waals surface area contributed by atoms with Gasteiger partial charge in [0.05, 0.1) is 0 Å². The molecule has 100 valence electrons. The van der Waals surface area contributed by atoms with Gasteiger partial charge in [-0.2, -0.15) is 0 Å². The lowest BCUT2D eigenvalue weighted by molar-refractivity contribution is 0.243. The number of rotatable bonds is 6. The first kappa shape index (κ1) is 14.1. The molecule has 1 saturated carbocycles. The van der Waals surface area contributed by atoms with Crippen LogP contribution in [0.3, 0.4) is 0 Å². The first-order valence-corrected chi connectivity index (χ1v) is 7.11. The van der Waals surface area contributed by atoms with Gasteiger partial charge in [0.1, 0.15) is 0 Å². The normalized spacial score (nSPS) is 18.7. The van der Waals surface area contributed by atoms with Crippen LogP contribution in [-0.2, 0) is 0 Å². The van der Waals surface area contributed by atoms with Crippen molar-refractivity contribution in [1.29, 1.82) is 0 Å². The molecular weight excluding hydrogens is 269 g/mol. The second-order valence-corrected chi connectivity index (χ2v) is 6.09. The van der Waals surface area contributed by atoms with Crippen LogP contribution in [0.15, 0.2) is 18.2 Å². The minimum atomic E-state index is 0.200. The fourth-order valence-corrected chi connectivity index (χ4v) is 2.83. The van der Waals surface area contributed by atoms with Gasteiger partial charge < -0.3 is 10.4 Å². The molecule has 2 N–H and O–H groups in total. The number of hydrogen-bond donors (Lipinski definition) is 2. The molecule has 0 bridgehead atoms. The van der Waals surface area contributed by atoms with Gasteiger partial charge in [0.15, 0.2) is 0 Å². The summed E-state index contributed by atoms with van der Waals surface area (Å²) < 4.78 is 0. The summed E-state index contributed by atoms with van der Waals surface area (Å²) in [5.41, 5.74) is 1.39. The van der Waals surface area contributed by atoms with Crippen molar-refractivity contribution < 1.29 is 5.11 Å². The molecule has 0 heterocycles. The van der Waals surface area contributed by atoms with E-state index >= 15 is 0 Å². The van der Waals surface area contributed by atoms with Crippen molar-refractivity contribution in [2.75, 3.05) is 13.2 Å². The Bertz CT molecular complexity index is 418. The van der Waals surface area contributed by atoms with Crippen LogP contribution in [0, 0.1) is 5.41 Å². The number of hydrogen-bond acceptors (Lipinski definition) is 2. The van der Waals surface area contributed by atoms with E-state index in [1.165, 1.54) is 12.8 Å². The fourth-order valence-electron chi connectivity index (χ4n) is 2.26. The van der Waals surface area contributed by atoms with Crippen molar-refractivity contribution in [3.8, 4) is 0 Å². The third kappa shape index (κ3) is 3.39. The summed E-state index contributed by atoms with van der Waals surface area (Å²) >= 11 is 12.1. The van der Waals surface area contributed by atoms with Crippen LogP contribution in [0.2, 0.25) is 10.0 Å². The van der Waals surface area contributed by atoms with Gasteiger partial charge in [0.25, 0.3) is 0 Å². The predicted molar refractivity (Wildman–Crippen MR) is 76.2 cm³/mol. The van der Waals surface area contributed by atoms with E-state index in [0.717, 1.165) is 18.5 Å². The Kier molecular flexibility index (Phi) is 4.54. The SMILES string of the molecule is CC(NCC1(CCO)CC1)c1ccc(Cl)cc1Cl. The van der Waals surface area contributed by atoms with Crippen molar-refractivity contribution in [1.82, 2.24) is 5.32 Å². The van der Waals surface area contributed by atoms with Crippen molar-refractivity contribution in [2.45, 2.75) is 32.2 Å². The highest BCUT2D eigenvalue weighted by molar-refractivity contribution is 6.35. The van der Waals surface area contributed by atoms with Crippen LogP contribution in [0.1, 0.15) is 37.8 Å². The van der Waals surface area contributed by atoms with Crippen LogP contribution >= 0.6 is 23.2 Å². The number of benzene rings is 1. The van der Waals surface area contributed by atoms with Crippen molar-refractivity contribution in [3.05, 3.63) is 33.8 Å². The molecule has 0 aromatic heterocycles. The van der Waals surface area contributed by atoms with Crippen LogP contribution < -0.4 is 5.32 Å². The zero-order valence-corrected chi connectivity index (χ0v) is 12.1. The van der Waals surface area contributed by atoms with Gasteiger partial charge in [-0.05, 0) is 49.3 Å². The fraction of sp³-hybridized carbons (Fsp3) is 0.571. The van der Waals surface area contributed by atoms with E-state index in [1.807, 2.05) is 12.1 Å². The molecule has 1 atom stereocenters. The highest BCUT2D eigenvalue weighted by Gasteiger charge is 2.41. The molecule has 18 heavy (non-hydrogen) atoms. The Labute approximate surface area is 118 Å². The molecule has 4 heteroatoms. The molecule has 0 spiro atoms. The second-order valence-electron chi connectivity index (χ2n) is 5.24. The van der Waals surface area contributed by atoms with E-state index in [1.54, 1.807) is 6.07 Å². The molecule has 1 aliphatic rings. The lowest BCUT2D eigenvalue weighted by Crippen LogP contribution is -2.27. The molecule has 1 fully saturated rings. The van der Waals surface area contributed by atoms with E-state index in [9.17, 15) is 0 Å². The lowest BCUT2D eigenvalue weighted by atomic mass is 10.0. The van der Waals surface area contributed by atoms with Gasteiger partial charge in [-0.15, -0.1) is 0 Å². The topological polar surface area (TPSA) is 32.3 Å². The molecule has 0 saturated heterocycles. The Morgan fingerprint density at radius 1 is 1.39 bits per heavy atom. The monoisotopic (exact) mass is 287 g/mol.